The highest BCUT2D eigenvalue weighted by Crippen LogP contribution is 2.49. The van der Waals surface area contributed by atoms with Crippen molar-refractivity contribution in [3.8, 4) is 0 Å². The molecular formula is C11H21N3OS. The molecule has 0 aromatic rings. The summed E-state index contributed by atoms with van der Waals surface area (Å²) in [6, 6.07) is 0. The third-order valence-corrected chi connectivity index (χ3v) is 5.25. The van der Waals surface area contributed by atoms with E-state index in [2.05, 4.69) is 16.7 Å². The molecule has 0 aromatic carbocycles. The Morgan fingerprint density at radius 2 is 2.06 bits per heavy atom. The Balaban J connectivity index is 1.69. The Hall–Kier alpha value is -0.420. The molecule has 0 aromatic heterocycles. The molecule has 2 fully saturated rings. The maximum absolute atomic E-state index is 8.57. The highest BCUT2D eigenvalue weighted by Gasteiger charge is 2.45. The summed E-state index contributed by atoms with van der Waals surface area (Å²) >= 11 is 1.98. The van der Waals surface area contributed by atoms with Crippen LogP contribution in [0.2, 0.25) is 0 Å². The standard InChI is InChI=1S/C11H21N3OS/c1-16-11(4-5-11)8-13-7-10(2-3-10)6-9(12)14-15/h13,15H,2-8H2,1H3,(H2,12,14). The van der Waals surface area contributed by atoms with Crippen molar-refractivity contribution in [2.75, 3.05) is 19.3 Å². The van der Waals surface area contributed by atoms with Gasteiger partial charge >= 0.3 is 0 Å². The summed E-state index contributed by atoms with van der Waals surface area (Å²) in [5.74, 6) is 0.366. The summed E-state index contributed by atoms with van der Waals surface area (Å²) in [5, 5.41) is 15.2. The molecule has 4 nitrogen and oxygen atoms in total. The summed E-state index contributed by atoms with van der Waals surface area (Å²) in [6.07, 6.45) is 7.99. The molecule has 0 radical (unpaired) electrons. The predicted octanol–water partition coefficient (Wildman–Crippen LogP) is 1.39. The van der Waals surface area contributed by atoms with Crippen molar-refractivity contribution >= 4 is 17.6 Å². The van der Waals surface area contributed by atoms with Crippen LogP contribution in [0.15, 0.2) is 5.16 Å². The van der Waals surface area contributed by atoms with Gasteiger partial charge in [0.15, 0.2) is 0 Å². The van der Waals surface area contributed by atoms with E-state index in [4.69, 9.17) is 10.9 Å². The van der Waals surface area contributed by atoms with Crippen LogP contribution in [-0.2, 0) is 0 Å². The summed E-state index contributed by atoms with van der Waals surface area (Å²) in [4.78, 5) is 0. The maximum Gasteiger partial charge on any atom is 0.139 e. The number of nitrogens with zero attached hydrogens (tertiary/aromatic N) is 1. The first-order chi connectivity index (χ1) is 7.64. The number of amidine groups is 1. The van der Waals surface area contributed by atoms with Gasteiger partial charge in [-0.1, -0.05) is 5.16 Å². The van der Waals surface area contributed by atoms with Crippen LogP contribution in [0.3, 0.4) is 0 Å². The van der Waals surface area contributed by atoms with Crippen molar-refractivity contribution in [2.45, 2.75) is 36.9 Å². The Morgan fingerprint density at radius 1 is 1.38 bits per heavy atom. The molecule has 0 saturated heterocycles. The third-order valence-electron chi connectivity index (χ3n) is 3.83. The second-order valence-corrected chi connectivity index (χ2v) is 6.53. The normalized spacial score (nSPS) is 25.4. The molecule has 2 aliphatic carbocycles. The highest BCUT2D eigenvalue weighted by atomic mass is 32.2. The lowest BCUT2D eigenvalue weighted by molar-refractivity contribution is 0.314. The molecule has 0 aliphatic heterocycles. The lowest BCUT2D eigenvalue weighted by Crippen LogP contribution is -2.33. The smallest absolute Gasteiger partial charge is 0.139 e. The predicted molar refractivity (Wildman–Crippen MR) is 68.0 cm³/mol. The Bertz CT molecular complexity index is 285. The van der Waals surface area contributed by atoms with Crippen LogP contribution in [-0.4, -0.2) is 35.1 Å². The zero-order valence-electron chi connectivity index (χ0n) is 9.83. The number of nitrogens with two attached hydrogens (primary N) is 1. The van der Waals surface area contributed by atoms with Gasteiger partial charge in [-0.3, -0.25) is 0 Å². The molecule has 2 aliphatic rings. The van der Waals surface area contributed by atoms with Crippen LogP contribution in [0.1, 0.15) is 32.1 Å². The van der Waals surface area contributed by atoms with Crippen molar-refractivity contribution in [3.63, 3.8) is 0 Å². The molecular weight excluding hydrogens is 222 g/mol. The van der Waals surface area contributed by atoms with Gasteiger partial charge in [-0.15, -0.1) is 0 Å². The molecule has 16 heavy (non-hydrogen) atoms. The minimum Gasteiger partial charge on any atom is -0.409 e. The van der Waals surface area contributed by atoms with Crippen molar-refractivity contribution < 1.29 is 5.21 Å². The number of thioether (sulfide) groups is 1. The minimum absolute atomic E-state index is 0.283. The van der Waals surface area contributed by atoms with Crippen LogP contribution in [0.5, 0.6) is 0 Å². The summed E-state index contributed by atoms with van der Waals surface area (Å²) in [7, 11) is 0. The highest BCUT2D eigenvalue weighted by molar-refractivity contribution is 8.00. The van der Waals surface area contributed by atoms with Gasteiger partial charge in [-0.25, -0.2) is 0 Å². The molecule has 0 unspecified atom stereocenters. The number of nitrogens with one attached hydrogen (secondary N) is 1. The van der Waals surface area contributed by atoms with Gasteiger partial charge in [0.25, 0.3) is 0 Å². The van der Waals surface area contributed by atoms with Crippen LogP contribution in [0.4, 0.5) is 0 Å². The van der Waals surface area contributed by atoms with Crippen LogP contribution < -0.4 is 11.1 Å². The van der Waals surface area contributed by atoms with Crippen LogP contribution in [0, 0.1) is 5.41 Å². The molecule has 0 bridgehead atoms. The topological polar surface area (TPSA) is 70.6 Å². The summed E-state index contributed by atoms with van der Waals surface area (Å²) in [5.41, 5.74) is 5.85. The average molecular weight is 243 g/mol. The van der Waals surface area contributed by atoms with E-state index in [1.165, 1.54) is 25.7 Å². The molecule has 4 N–H and O–H groups in total. The zero-order chi connectivity index (χ0) is 11.6. The monoisotopic (exact) mass is 243 g/mol. The van der Waals surface area contributed by atoms with Gasteiger partial charge < -0.3 is 16.3 Å². The van der Waals surface area contributed by atoms with Crippen LogP contribution >= 0.6 is 11.8 Å². The fourth-order valence-electron chi connectivity index (χ4n) is 2.16. The second-order valence-electron chi connectivity index (χ2n) is 5.26. The minimum atomic E-state index is 0.283. The van der Waals surface area contributed by atoms with Crippen molar-refractivity contribution in [1.29, 1.82) is 0 Å². The first-order valence-electron chi connectivity index (χ1n) is 5.86. The number of hydrogen-bond donors (Lipinski definition) is 3. The van der Waals surface area contributed by atoms with E-state index in [1.54, 1.807) is 0 Å². The zero-order valence-corrected chi connectivity index (χ0v) is 10.6. The Kier molecular flexibility index (Phi) is 3.35. The van der Waals surface area contributed by atoms with Gasteiger partial charge in [-0.05, 0) is 37.4 Å². The van der Waals surface area contributed by atoms with E-state index in [0.29, 0.717) is 10.6 Å². The first kappa shape index (κ1) is 12.0. The average Bonchev–Trinajstić information content (AvgIpc) is 3.17. The number of hydrogen-bond acceptors (Lipinski definition) is 4. The second kappa shape index (κ2) is 4.45. The van der Waals surface area contributed by atoms with E-state index in [9.17, 15) is 0 Å². The molecule has 0 spiro atoms. The van der Waals surface area contributed by atoms with Gasteiger partial charge in [0.2, 0.25) is 0 Å². The SMILES string of the molecule is CSC1(CNCC2(CC(N)=NO)CC2)CC1. The molecule has 0 amide bonds. The molecule has 5 heteroatoms. The van der Waals surface area contributed by atoms with E-state index < -0.39 is 0 Å². The van der Waals surface area contributed by atoms with Crippen LogP contribution in [0.25, 0.3) is 0 Å². The maximum atomic E-state index is 8.57. The summed E-state index contributed by atoms with van der Waals surface area (Å²) < 4.78 is 0.521. The van der Waals surface area contributed by atoms with E-state index >= 15 is 0 Å². The third kappa shape index (κ3) is 2.83. The molecule has 2 saturated carbocycles. The van der Waals surface area contributed by atoms with Crippen molar-refractivity contribution in [1.82, 2.24) is 5.32 Å². The van der Waals surface area contributed by atoms with Gasteiger partial charge in [0.1, 0.15) is 5.84 Å². The molecule has 0 heterocycles. The Morgan fingerprint density at radius 3 is 2.50 bits per heavy atom. The lowest BCUT2D eigenvalue weighted by Gasteiger charge is -2.18. The summed E-state index contributed by atoms with van der Waals surface area (Å²) in [6.45, 7) is 2.11. The quantitative estimate of drug-likeness (QED) is 0.273. The molecule has 0 atom stereocenters. The fourth-order valence-corrected chi connectivity index (χ4v) is 2.92. The van der Waals surface area contributed by atoms with Crippen molar-refractivity contribution in [3.05, 3.63) is 0 Å². The number of oxime groups is 1. The first-order valence-corrected chi connectivity index (χ1v) is 7.08. The largest absolute Gasteiger partial charge is 0.409 e. The Labute approximate surface area is 101 Å². The van der Waals surface area contributed by atoms with Gasteiger partial charge in [-0.2, -0.15) is 11.8 Å². The van der Waals surface area contributed by atoms with Gasteiger partial charge in [0.05, 0.1) is 0 Å². The molecule has 92 valence electrons. The fraction of sp³-hybridized carbons (Fsp3) is 0.909. The van der Waals surface area contributed by atoms with E-state index in [0.717, 1.165) is 19.5 Å². The lowest BCUT2D eigenvalue weighted by atomic mass is 10.0. The molecule has 2 rings (SSSR count). The number of rotatable bonds is 7. The van der Waals surface area contributed by atoms with Crippen molar-refractivity contribution in [2.24, 2.45) is 16.3 Å². The van der Waals surface area contributed by atoms with E-state index in [1.807, 2.05) is 11.8 Å². The van der Waals surface area contributed by atoms with E-state index in [-0.39, 0.29) is 5.41 Å². The van der Waals surface area contributed by atoms with Gasteiger partial charge in [0, 0.05) is 24.3 Å².